The summed E-state index contributed by atoms with van der Waals surface area (Å²) in [4.78, 5) is 13.6. The monoisotopic (exact) mass is 377 g/mol. The molecule has 0 saturated carbocycles. The van der Waals surface area contributed by atoms with E-state index in [1.165, 1.54) is 17.1 Å². The Labute approximate surface area is 147 Å². The van der Waals surface area contributed by atoms with E-state index in [0.717, 1.165) is 24.3 Å². The fraction of sp³-hybridized carbons (Fsp3) is 0.0667. The number of hydrogen-bond acceptors (Lipinski definition) is 6. The van der Waals surface area contributed by atoms with Gasteiger partial charge in [-0.25, -0.2) is 22.2 Å². The number of sulfonamides is 1. The molecule has 3 aromatic rings. The molecule has 0 bridgehead atoms. The highest BCUT2D eigenvalue weighted by atomic mass is 32.2. The predicted octanol–water partition coefficient (Wildman–Crippen LogP) is 2.17. The van der Waals surface area contributed by atoms with Gasteiger partial charge >= 0.3 is 0 Å². The maximum absolute atomic E-state index is 13.6. The lowest BCUT2D eigenvalue weighted by Crippen LogP contribution is -2.14. The molecule has 0 radical (unpaired) electrons. The molecule has 0 fully saturated rings. The second-order valence-corrected chi connectivity index (χ2v) is 6.90. The molecule has 0 amide bonds. The number of hydrogen-bond donors (Lipinski definition) is 1. The minimum absolute atomic E-state index is 0.0823. The van der Waals surface area contributed by atoms with Gasteiger partial charge in [0, 0.05) is 17.7 Å². The lowest BCUT2D eigenvalue weighted by molar-refractivity contribution is -0.384. The standard InChI is InChI=1S/C15H12FN5O4S/c16-14-4-2-1-3-11(14)9-20-10-17-15(18-20)19-26(24,25)13-7-5-12(6-8-13)21(22)23/h1-8,10H,9H2,(H,18,19). The zero-order valence-electron chi connectivity index (χ0n) is 13.1. The van der Waals surface area contributed by atoms with Crippen LogP contribution < -0.4 is 4.72 Å². The molecule has 0 saturated heterocycles. The summed E-state index contributed by atoms with van der Waals surface area (Å²) < 4.78 is 41.6. The highest BCUT2D eigenvalue weighted by Crippen LogP contribution is 2.18. The molecule has 1 aromatic heterocycles. The van der Waals surface area contributed by atoms with Crippen LogP contribution in [0.5, 0.6) is 0 Å². The van der Waals surface area contributed by atoms with Gasteiger partial charge in [0.15, 0.2) is 0 Å². The lowest BCUT2D eigenvalue weighted by Gasteiger charge is -2.04. The third kappa shape index (κ3) is 3.83. The molecule has 0 aliphatic carbocycles. The molecule has 26 heavy (non-hydrogen) atoms. The Morgan fingerprint density at radius 1 is 1.15 bits per heavy atom. The number of non-ortho nitro benzene ring substituents is 1. The molecule has 9 nitrogen and oxygen atoms in total. The molecule has 11 heteroatoms. The first-order valence-electron chi connectivity index (χ1n) is 7.25. The molecule has 3 rings (SSSR count). The smallest absolute Gasteiger partial charge is 0.258 e. The molecule has 0 unspecified atom stereocenters. The minimum atomic E-state index is -4.01. The second kappa shape index (κ2) is 6.88. The average Bonchev–Trinajstić information content (AvgIpc) is 3.03. The van der Waals surface area contributed by atoms with Crippen molar-refractivity contribution in [3.8, 4) is 0 Å². The lowest BCUT2D eigenvalue weighted by atomic mass is 10.2. The predicted molar refractivity (Wildman–Crippen MR) is 89.4 cm³/mol. The van der Waals surface area contributed by atoms with Crippen molar-refractivity contribution in [2.24, 2.45) is 0 Å². The summed E-state index contributed by atoms with van der Waals surface area (Å²) in [7, 11) is -4.01. The summed E-state index contributed by atoms with van der Waals surface area (Å²) in [5, 5.41) is 14.6. The van der Waals surface area contributed by atoms with Crippen LogP contribution in [0.25, 0.3) is 0 Å². The highest BCUT2D eigenvalue weighted by molar-refractivity contribution is 7.92. The topological polar surface area (TPSA) is 120 Å². The Balaban J connectivity index is 1.75. The summed E-state index contributed by atoms with van der Waals surface area (Å²) in [6, 6.07) is 10.5. The quantitative estimate of drug-likeness (QED) is 0.519. The van der Waals surface area contributed by atoms with Gasteiger partial charge in [-0.3, -0.25) is 10.1 Å². The SMILES string of the molecule is O=[N+]([O-])c1ccc(S(=O)(=O)Nc2ncn(Cc3ccccc3F)n2)cc1. The van der Waals surface area contributed by atoms with Crippen LogP contribution in [0.15, 0.2) is 59.8 Å². The zero-order chi connectivity index (χ0) is 18.7. The van der Waals surface area contributed by atoms with E-state index in [1.807, 2.05) is 0 Å². The Bertz CT molecular complexity index is 1050. The van der Waals surface area contributed by atoms with Crippen molar-refractivity contribution < 1.29 is 17.7 Å². The van der Waals surface area contributed by atoms with Crippen LogP contribution in [0, 0.1) is 15.9 Å². The number of anilines is 1. The average molecular weight is 377 g/mol. The maximum Gasteiger partial charge on any atom is 0.269 e. The van der Waals surface area contributed by atoms with Crippen LogP contribution in [0.1, 0.15) is 5.56 Å². The van der Waals surface area contributed by atoms with Crippen molar-refractivity contribution in [1.82, 2.24) is 14.8 Å². The van der Waals surface area contributed by atoms with Crippen LogP contribution >= 0.6 is 0 Å². The molecule has 0 atom stereocenters. The summed E-state index contributed by atoms with van der Waals surface area (Å²) >= 11 is 0. The van der Waals surface area contributed by atoms with Gasteiger partial charge in [-0.05, 0) is 18.2 Å². The van der Waals surface area contributed by atoms with E-state index in [0.29, 0.717) is 5.56 Å². The fourth-order valence-electron chi connectivity index (χ4n) is 2.14. The van der Waals surface area contributed by atoms with Crippen molar-refractivity contribution in [3.63, 3.8) is 0 Å². The molecule has 134 valence electrons. The number of aromatic nitrogens is 3. The van der Waals surface area contributed by atoms with Gasteiger partial charge in [0.25, 0.3) is 21.7 Å². The number of benzene rings is 2. The van der Waals surface area contributed by atoms with Crippen LogP contribution in [-0.2, 0) is 16.6 Å². The Hall–Kier alpha value is -3.34. The molecule has 1 heterocycles. The van der Waals surface area contributed by atoms with Crippen LogP contribution in [-0.4, -0.2) is 28.1 Å². The van der Waals surface area contributed by atoms with E-state index < -0.39 is 20.8 Å². The third-order valence-electron chi connectivity index (χ3n) is 3.41. The largest absolute Gasteiger partial charge is 0.269 e. The Morgan fingerprint density at radius 3 is 2.50 bits per heavy atom. The van der Waals surface area contributed by atoms with Gasteiger partial charge in [-0.2, -0.15) is 4.98 Å². The summed E-state index contributed by atoms with van der Waals surface area (Å²) in [5.74, 6) is -0.601. The number of nitrogens with one attached hydrogen (secondary N) is 1. The van der Waals surface area contributed by atoms with Crippen molar-refractivity contribution in [2.45, 2.75) is 11.4 Å². The van der Waals surface area contributed by atoms with Crippen LogP contribution in [0.4, 0.5) is 16.0 Å². The van der Waals surface area contributed by atoms with Gasteiger partial charge in [-0.15, -0.1) is 5.10 Å². The van der Waals surface area contributed by atoms with Gasteiger partial charge in [0.05, 0.1) is 16.4 Å². The van der Waals surface area contributed by atoms with Gasteiger partial charge < -0.3 is 0 Å². The zero-order valence-corrected chi connectivity index (χ0v) is 13.9. The number of nitro groups is 1. The van der Waals surface area contributed by atoms with E-state index in [-0.39, 0.29) is 23.1 Å². The molecule has 1 N–H and O–H groups in total. The van der Waals surface area contributed by atoms with Crippen molar-refractivity contribution >= 4 is 21.7 Å². The maximum atomic E-state index is 13.6. The Kier molecular flexibility index (Phi) is 4.63. The van der Waals surface area contributed by atoms with Crippen LogP contribution in [0.2, 0.25) is 0 Å². The van der Waals surface area contributed by atoms with Crippen molar-refractivity contribution in [1.29, 1.82) is 0 Å². The normalized spacial score (nSPS) is 11.3. The number of nitro benzene ring substituents is 1. The number of rotatable bonds is 6. The van der Waals surface area contributed by atoms with Crippen LogP contribution in [0.3, 0.4) is 0 Å². The number of nitrogens with zero attached hydrogens (tertiary/aromatic N) is 4. The summed E-state index contributed by atoms with van der Waals surface area (Å²) in [6.07, 6.45) is 1.26. The van der Waals surface area contributed by atoms with E-state index in [1.54, 1.807) is 18.2 Å². The molecular weight excluding hydrogens is 365 g/mol. The van der Waals surface area contributed by atoms with E-state index in [9.17, 15) is 22.9 Å². The molecule has 0 spiro atoms. The Morgan fingerprint density at radius 2 is 1.85 bits per heavy atom. The first-order chi connectivity index (χ1) is 12.3. The van der Waals surface area contributed by atoms with Crippen molar-refractivity contribution in [3.05, 3.63) is 76.4 Å². The highest BCUT2D eigenvalue weighted by Gasteiger charge is 2.18. The molecule has 0 aliphatic heterocycles. The van der Waals surface area contributed by atoms with Crippen molar-refractivity contribution in [2.75, 3.05) is 4.72 Å². The molecule has 2 aromatic carbocycles. The van der Waals surface area contributed by atoms with Gasteiger partial charge in [0.2, 0.25) is 0 Å². The molecule has 0 aliphatic rings. The number of halogens is 1. The first kappa shape index (κ1) is 17.5. The van der Waals surface area contributed by atoms with E-state index in [2.05, 4.69) is 14.8 Å². The fourth-order valence-corrected chi connectivity index (χ4v) is 3.09. The minimum Gasteiger partial charge on any atom is -0.258 e. The molecular formula is C15H12FN5O4S. The van der Waals surface area contributed by atoms with E-state index in [4.69, 9.17) is 0 Å². The van der Waals surface area contributed by atoms with Gasteiger partial charge in [-0.1, -0.05) is 18.2 Å². The third-order valence-corrected chi connectivity index (χ3v) is 4.75. The first-order valence-corrected chi connectivity index (χ1v) is 8.73. The van der Waals surface area contributed by atoms with Gasteiger partial charge in [0.1, 0.15) is 12.1 Å². The second-order valence-electron chi connectivity index (χ2n) is 5.21. The summed E-state index contributed by atoms with van der Waals surface area (Å²) in [6.45, 7) is 0.0823. The summed E-state index contributed by atoms with van der Waals surface area (Å²) in [5.41, 5.74) is 0.151. The van der Waals surface area contributed by atoms with E-state index >= 15 is 0 Å².